The third-order valence-corrected chi connectivity index (χ3v) is 6.53. The summed E-state index contributed by atoms with van der Waals surface area (Å²) in [6.07, 6.45) is 1.42. The molecule has 4 aromatic rings. The third kappa shape index (κ3) is 3.12. The van der Waals surface area contributed by atoms with Crippen LogP contribution in [0.1, 0.15) is 12.1 Å². The van der Waals surface area contributed by atoms with E-state index in [1.54, 1.807) is 54.7 Å². The molecule has 0 aliphatic rings. The van der Waals surface area contributed by atoms with Gasteiger partial charge < -0.3 is 5.11 Å². The summed E-state index contributed by atoms with van der Waals surface area (Å²) >= 11 is 6.05. The molecule has 142 valence electrons. The molecule has 2 aromatic heterocycles. The Morgan fingerprint density at radius 3 is 2.64 bits per heavy atom. The number of hydrogen-bond acceptors (Lipinski definition) is 4. The first-order valence-corrected chi connectivity index (χ1v) is 10.3. The van der Waals surface area contributed by atoms with Crippen molar-refractivity contribution in [2.24, 2.45) is 0 Å². The summed E-state index contributed by atoms with van der Waals surface area (Å²) in [6, 6.07) is 15.1. The molecule has 1 N–H and O–H groups in total. The van der Waals surface area contributed by atoms with E-state index in [0.29, 0.717) is 32.5 Å². The quantitative estimate of drug-likeness (QED) is 0.531. The Morgan fingerprint density at radius 2 is 1.86 bits per heavy atom. The van der Waals surface area contributed by atoms with Crippen LogP contribution in [-0.4, -0.2) is 28.5 Å². The Labute approximate surface area is 166 Å². The number of aryl methyl sites for hydroxylation is 1. The Kier molecular flexibility index (Phi) is 4.56. The highest BCUT2D eigenvalue weighted by molar-refractivity contribution is 7.90. The van der Waals surface area contributed by atoms with Gasteiger partial charge in [-0.3, -0.25) is 9.78 Å². The van der Waals surface area contributed by atoms with Crippen LogP contribution in [0, 0.1) is 0 Å². The Balaban J connectivity index is 2.00. The SMILES string of the molecule is O=C(O)CCc1cc2cc(Cl)ccc2n1S(=O)(=O)c1cccc2cccnc12. The normalized spacial score (nSPS) is 11.9. The molecule has 8 heteroatoms. The molecule has 4 rings (SSSR count). The van der Waals surface area contributed by atoms with Gasteiger partial charge in [-0.25, -0.2) is 12.4 Å². The minimum atomic E-state index is -4.02. The van der Waals surface area contributed by atoms with Gasteiger partial charge in [0, 0.05) is 27.7 Å². The van der Waals surface area contributed by atoms with Crippen molar-refractivity contribution in [2.45, 2.75) is 17.7 Å². The summed E-state index contributed by atoms with van der Waals surface area (Å²) in [5.74, 6) is -1.00. The predicted octanol–water partition coefficient (Wildman–Crippen LogP) is 4.10. The summed E-state index contributed by atoms with van der Waals surface area (Å²) in [7, 11) is -4.02. The molecule has 6 nitrogen and oxygen atoms in total. The molecule has 2 heterocycles. The van der Waals surface area contributed by atoms with Crippen LogP contribution in [0.15, 0.2) is 65.7 Å². The van der Waals surface area contributed by atoms with Crippen molar-refractivity contribution < 1.29 is 18.3 Å². The number of pyridine rings is 1. The molecule has 0 spiro atoms. The van der Waals surface area contributed by atoms with Crippen molar-refractivity contribution in [3.63, 3.8) is 0 Å². The van der Waals surface area contributed by atoms with E-state index in [9.17, 15) is 13.2 Å². The Bertz CT molecular complexity index is 1320. The average molecular weight is 415 g/mol. The van der Waals surface area contributed by atoms with E-state index < -0.39 is 16.0 Å². The van der Waals surface area contributed by atoms with Crippen molar-refractivity contribution in [2.75, 3.05) is 0 Å². The summed E-state index contributed by atoms with van der Waals surface area (Å²) < 4.78 is 28.4. The average Bonchev–Trinajstić information content (AvgIpc) is 3.04. The summed E-state index contributed by atoms with van der Waals surface area (Å²) in [4.78, 5) is 15.4. The van der Waals surface area contributed by atoms with E-state index in [2.05, 4.69) is 4.98 Å². The lowest BCUT2D eigenvalue weighted by atomic mass is 10.2. The highest BCUT2D eigenvalue weighted by atomic mass is 35.5. The summed E-state index contributed by atoms with van der Waals surface area (Å²) in [6.45, 7) is 0. The molecular formula is C20H15ClN2O4S. The number of halogens is 1. The molecule has 0 amide bonds. The fourth-order valence-corrected chi connectivity index (χ4v) is 5.21. The number of rotatable bonds is 5. The number of hydrogen-bond donors (Lipinski definition) is 1. The molecule has 0 atom stereocenters. The number of carboxylic acid groups (broad SMARTS) is 1. The number of carboxylic acids is 1. The molecule has 28 heavy (non-hydrogen) atoms. The summed E-state index contributed by atoms with van der Waals surface area (Å²) in [5, 5.41) is 10.9. The van der Waals surface area contributed by atoms with E-state index in [1.807, 2.05) is 0 Å². The molecule has 0 radical (unpaired) electrons. The van der Waals surface area contributed by atoms with Crippen molar-refractivity contribution >= 4 is 49.4 Å². The maximum atomic E-state index is 13.6. The number of benzene rings is 2. The van der Waals surface area contributed by atoms with Gasteiger partial charge in [0.2, 0.25) is 0 Å². The predicted molar refractivity (Wildman–Crippen MR) is 107 cm³/mol. The third-order valence-electron chi connectivity index (χ3n) is 4.50. The van der Waals surface area contributed by atoms with Crippen LogP contribution in [0.25, 0.3) is 21.8 Å². The molecule has 0 bridgehead atoms. The van der Waals surface area contributed by atoms with Gasteiger partial charge in [-0.05, 0) is 42.8 Å². The maximum absolute atomic E-state index is 13.6. The van der Waals surface area contributed by atoms with Gasteiger partial charge in [0.25, 0.3) is 10.0 Å². The lowest BCUT2D eigenvalue weighted by Gasteiger charge is -2.13. The Hall–Kier alpha value is -2.90. The fourth-order valence-electron chi connectivity index (χ4n) is 3.29. The standard InChI is InChI=1S/C20H15ClN2O4S/c21-15-6-8-17-14(11-15)12-16(7-9-19(24)25)23(17)28(26,27)18-5-1-3-13-4-2-10-22-20(13)18/h1-6,8,10-12H,7,9H2,(H,24,25). The van der Waals surface area contributed by atoms with E-state index in [1.165, 1.54) is 10.0 Å². The molecule has 0 aliphatic heterocycles. The van der Waals surface area contributed by atoms with Crippen LogP contribution >= 0.6 is 11.6 Å². The number of nitrogens with zero attached hydrogens (tertiary/aromatic N) is 2. The number of aromatic nitrogens is 2. The van der Waals surface area contributed by atoms with E-state index in [0.717, 1.165) is 0 Å². The summed E-state index contributed by atoms with van der Waals surface area (Å²) in [5.41, 5.74) is 1.19. The largest absolute Gasteiger partial charge is 0.481 e. The van der Waals surface area contributed by atoms with Gasteiger partial charge in [0.15, 0.2) is 0 Å². The van der Waals surface area contributed by atoms with Crippen molar-refractivity contribution in [3.8, 4) is 0 Å². The monoisotopic (exact) mass is 414 g/mol. The van der Waals surface area contributed by atoms with Gasteiger partial charge >= 0.3 is 5.97 Å². The second-order valence-corrected chi connectivity index (χ2v) is 8.52. The van der Waals surface area contributed by atoms with Gasteiger partial charge in [-0.2, -0.15) is 0 Å². The van der Waals surface area contributed by atoms with Crippen LogP contribution < -0.4 is 0 Å². The minimum Gasteiger partial charge on any atom is -0.481 e. The highest BCUT2D eigenvalue weighted by Crippen LogP contribution is 2.31. The topological polar surface area (TPSA) is 89.3 Å². The molecule has 0 saturated carbocycles. The van der Waals surface area contributed by atoms with Crippen LogP contribution in [0.2, 0.25) is 5.02 Å². The first-order valence-electron chi connectivity index (χ1n) is 8.49. The zero-order valence-corrected chi connectivity index (χ0v) is 16.1. The van der Waals surface area contributed by atoms with E-state index in [-0.39, 0.29) is 17.7 Å². The second-order valence-electron chi connectivity index (χ2n) is 6.33. The van der Waals surface area contributed by atoms with Crippen LogP contribution in [0.4, 0.5) is 0 Å². The lowest BCUT2D eigenvalue weighted by molar-refractivity contribution is -0.136. The smallest absolute Gasteiger partial charge is 0.303 e. The zero-order chi connectivity index (χ0) is 19.9. The molecule has 2 aromatic carbocycles. The maximum Gasteiger partial charge on any atom is 0.303 e. The van der Waals surface area contributed by atoms with Gasteiger partial charge in [-0.15, -0.1) is 0 Å². The van der Waals surface area contributed by atoms with Crippen molar-refractivity contribution in [3.05, 3.63) is 71.5 Å². The number of aliphatic carboxylic acids is 1. The molecular weight excluding hydrogens is 400 g/mol. The van der Waals surface area contributed by atoms with E-state index in [4.69, 9.17) is 16.7 Å². The second kappa shape index (κ2) is 6.92. The molecule has 0 aliphatic carbocycles. The number of para-hydroxylation sites is 1. The first-order chi connectivity index (χ1) is 13.4. The molecule has 0 fully saturated rings. The Morgan fingerprint density at radius 1 is 1.07 bits per heavy atom. The number of fused-ring (bicyclic) bond motifs is 2. The highest BCUT2D eigenvalue weighted by Gasteiger charge is 2.25. The van der Waals surface area contributed by atoms with Crippen LogP contribution in [0.3, 0.4) is 0 Å². The lowest BCUT2D eigenvalue weighted by Crippen LogP contribution is -2.17. The number of carbonyl (C=O) groups is 1. The molecule has 0 saturated heterocycles. The van der Waals surface area contributed by atoms with E-state index >= 15 is 0 Å². The fraction of sp³-hybridized carbons (Fsp3) is 0.100. The first kappa shape index (κ1) is 18.5. The van der Waals surface area contributed by atoms with Gasteiger partial charge in [0.1, 0.15) is 4.90 Å². The van der Waals surface area contributed by atoms with Gasteiger partial charge in [0.05, 0.1) is 17.5 Å². The van der Waals surface area contributed by atoms with Crippen LogP contribution in [0.5, 0.6) is 0 Å². The molecule has 0 unspecified atom stereocenters. The zero-order valence-electron chi connectivity index (χ0n) is 14.5. The van der Waals surface area contributed by atoms with Crippen molar-refractivity contribution in [1.29, 1.82) is 0 Å². The van der Waals surface area contributed by atoms with Crippen LogP contribution in [-0.2, 0) is 21.2 Å². The van der Waals surface area contributed by atoms with Crippen molar-refractivity contribution in [1.82, 2.24) is 8.96 Å². The minimum absolute atomic E-state index is 0.0645. The van der Waals surface area contributed by atoms with Gasteiger partial charge in [-0.1, -0.05) is 29.8 Å².